The van der Waals surface area contributed by atoms with E-state index in [1.807, 2.05) is 0 Å². The van der Waals surface area contributed by atoms with Crippen LogP contribution in [0.4, 0.5) is 5.82 Å². The number of nitrogens with zero attached hydrogens (tertiary/aromatic N) is 2. The molecular weight excluding hydrogens is 443 g/mol. The molecule has 1 aromatic heterocycles. The van der Waals surface area contributed by atoms with Crippen LogP contribution in [0.2, 0.25) is 0 Å². The number of para-hydroxylation sites is 1. The number of esters is 1. The van der Waals surface area contributed by atoms with Crippen LogP contribution in [-0.4, -0.2) is 52.6 Å². The van der Waals surface area contributed by atoms with Gasteiger partial charge in [0.25, 0.3) is 0 Å². The number of ether oxygens (including phenoxy) is 2. The Morgan fingerprint density at radius 3 is 2.78 bits per heavy atom. The number of aliphatic hydroxyl groups is 1. The molecule has 12 nitrogen and oxygen atoms in total. The SMILES string of the molecule is COC(=O)[C@H](C)NP(=O)(OCC1C[C@@H](O)[C@H](n2ccc(N)nc2=O)O1)Oc1ccccc1. The summed E-state index contributed by atoms with van der Waals surface area (Å²) >= 11 is 0. The van der Waals surface area contributed by atoms with Crippen molar-refractivity contribution in [2.45, 2.75) is 37.8 Å². The first-order valence-electron chi connectivity index (χ1n) is 9.74. The fourth-order valence-electron chi connectivity index (χ4n) is 3.07. The van der Waals surface area contributed by atoms with Gasteiger partial charge in [-0.05, 0) is 25.1 Å². The number of nitrogen functional groups attached to an aromatic ring is 1. The van der Waals surface area contributed by atoms with E-state index in [0.717, 1.165) is 4.57 Å². The normalized spacial score (nSPS) is 23.3. The molecule has 0 bridgehead atoms. The van der Waals surface area contributed by atoms with Crippen LogP contribution in [0.5, 0.6) is 5.75 Å². The second-order valence-electron chi connectivity index (χ2n) is 7.07. The molecule has 13 heteroatoms. The Morgan fingerprint density at radius 2 is 2.12 bits per heavy atom. The number of rotatable bonds is 9. The quantitative estimate of drug-likeness (QED) is 0.353. The smallest absolute Gasteiger partial charge is 0.459 e. The summed E-state index contributed by atoms with van der Waals surface area (Å²) in [5.41, 5.74) is 4.81. The van der Waals surface area contributed by atoms with E-state index < -0.39 is 43.9 Å². The van der Waals surface area contributed by atoms with Crippen LogP contribution in [0.3, 0.4) is 0 Å². The maximum atomic E-state index is 13.3. The lowest BCUT2D eigenvalue weighted by atomic mass is 10.2. The number of aliphatic hydroxyl groups excluding tert-OH is 1. The molecular formula is C19H25N4O8P. The van der Waals surface area contributed by atoms with Gasteiger partial charge >= 0.3 is 19.4 Å². The number of aromatic nitrogens is 2. The van der Waals surface area contributed by atoms with E-state index in [2.05, 4.69) is 14.8 Å². The van der Waals surface area contributed by atoms with Crippen molar-refractivity contribution in [2.75, 3.05) is 19.5 Å². The molecule has 174 valence electrons. The molecule has 3 rings (SSSR count). The third-order valence-corrected chi connectivity index (χ3v) is 6.24. The van der Waals surface area contributed by atoms with Crippen molar-refractivity contribution < 1.29 is 33.0 Å². The Kier molecular flexibility index (Phi) is 7.64. The Hall–Kier alpha value is -2.76. The van der Waals surface area contributed by atoms with Crippen LogP contribution in [0.25, 0.3) is 0 Å². The van der Waals surface area contributed by atoms with Gasteiger partial charge in [0.1, 0.15) is 23.7 Å². The molecule has 2 unspecified atom stereocenters. The van der Waals surface area contributed by atoms with E-state index in [9.17, 15) is 19.3 Å². The number of carbonyl (C=O) groups excluding carboxylic acids is 1. The lowest BCUT2D eigenvalue weighted by molar-refractivity contribution is -0.142. The number of nitrogens with two attached hydrogens (primary N) is 1. The minimum atomic E-state index is -4.05. The molecule has 1 aliphatic rings. The molecule has 0 saturated carbocycles. The van der Waals surface area contributed by atoms with Crippen molar-refractivity contribution >= 4 is 19.5 Å². The number of hydrogen-bond acceptors (Lipinski definition) is 10. The first kappa shape index (κ1) is 23.9. The van der Waals surface area contributed by atoms with E-state index in [0.29, 0.717) is 0 Å². The molecule has 0 amide bonds. The first-order valence-corrected chi connectivity index (χ1v) is 11.3. The van der Waals surface area contributed by atoms with Gasteiger partial charge in [-0.1, -0.05) is 18.2 Å². The second-order valence-corrected chi connectivity index (χ2v) is 8.76. The molecule has 4 N–H and O–H groups in total. The maximum Gasteiger partial charge on any atom is 0.459 e. The predicted molar refractivity (Wildman–Crippen MR) is 113 cm³/mol. The summed E-state index contributed by atoms with van der Waals surface area (Å²) in [5, 5.41) is 12.9. The number of benzene rings is 1. The highest BCUT2D eigenvalue weighted by Crippen LogP contribution is 2.45. The van der Waals surface area contributed by atoms with Crippen LogP contribution in [0, 0.1) is 0 Å². The van der Waals surface area contributed by atoms with E-state index >= 15 is 0 Å². The second kappa shape index (κ2) is 10.2. The summed E-state index contributed by atoms with van der Waals surface area (Å²) in [6.07, 6.45) is -1.31. The topological polar surface area (TPSA) is 164 Å². The maximum absolute atomic E-state index is 13.3. The third-order valence-electron chi connectivity index (χ3n) is 4.60. The van der Waals surface area contributed by atoms with Crippen LogP contribution in [0.1, 0.15) is 19.6 Å². The summed E-state index contributed by atoms with van der Waals surface area (Å²) in [5.74, 6) is -0.359. The first-order chi connectivity index (χ1) is 15.2. The van der Waals surface area contributed by atoms with Crippen molar-refractivity contribution in [3.05, 3.63) is 53.1 Å². The Bertz CT molecular complexity index is 1030. The Morgan fingerprint density at radius 1 is 1.41 bits per heavy atom. The fraction of sp³-hybridized carbons (Fsp3) is 0.421. The zero-order valence-corrected chi connectivity index (χ0v) is 18.4. The summed E-state index contributed by atoms with van der Waals surface area (Å²) in [6.45, 7) is 1.19. The predicted octanol–water partition coefficient (Wildman–Crippen LogP) is 0.829. The van der Waals surface area contributed by atoms with Crippen molar-refractivity contribution in [1.29, 1.82) is 0 Å². The molecule has 32 heavy (non-hydrogen) atoms. The largest absolute Gasteiger partial charge is 0.468 e. The van der Waals surface area contributed by atoms with Crippen molar-refractivity contribution in [3.8, 4) is 5.75 Å². The lowest BCUT2D eigenvalue weighted by Crippen LogP contribution is -2.35. The van der Waals surface area contributed by atoms with Gasteiger partial charge in [0.15, 0.2) is 6.23 Å². The number of methoxy groups -OCH3 is 1. The number of hydrogen-bond donors (Lipinski definition) is 3. The molecule has 1 aromatic carbocycles. The molecule has 2 aromatic rings. The molecule has 1 fully saturated rings. The van der Waals surface area contributed by atoms with Crippen molar-refractivity contribution in [1.82, 2.24) is 14.6 Å². The minimum Gasteiger partial charge on any atom is -0.468 e. The number of carbonyl (C=O) groups is 1. The highest BCUT2D eigenvalue weighted by molar-refractivity contribution is 7.52. The molecule has 5 atom stereocenters. The van der Waals surface area contributed by atoms with Gasteiger partial charge < -0.3 is 24.8 Å². The van der Waals surface area contributed by atoms with Gasteiger partial charge in [-0.2, -0.15) is 10.1 Å². The van der Waals surface area contributed by atoms with Gasteiger partial charge in [0.2, 0.25) is 0 Å². The minimum absolute atomic E-state index is 0.0448. The third kappa shape index (κ3) is 5.93. The van der Waals surface area contributed by atoms with Crippen molar-refractivity contribution in [3.63, 3.8) is 0 Å². The summed E-state index contributed by atoms with van der Waals surface area (Å²) < 4.78 is 35.8. The average Bonchev–Trinajstić information content (AvgIpc) is 3.12. The van der Waals surface area contributed by atoms with E-state index in [4.69, 9.17) is 19.5 Å². The fourth-order valence-corrected chi connectivity index (χ4v) is 4.59. The van der Waals surface area contributed by atoms with Crippen molar-refractivity contribution in [2.24, 2.45) is 0 Å². The monoisotopic (exact) mass is 468 g/mol. The van der Waals surface area contributed by atoms with Gasteiger partial charge in [-0.15, -0.1) is 0 Å². The van der Waals surface area contributed by atoms with Crippen LogP contribution < -0.4 is 21.0 Å². The van der Waals surface area contributed by atoms with Crippen LogP contribution in [-0.2, 0) is 23.4 Å². The highest BCUT2D eigenvalue weighted by atomic mass is 31.2. The summed E-state index contributed by atoms with van der Waals surface area (Å²) in [4.78, 5) is 27.4. The standard InChI is InChI=1S/C19H25N4O8P/c1-12(18(25)28-2)22-32(27,31-13-6-4-3-5-7-13)29-11-14-10-15(24)17(30-14)23-9-8-16(20)21-19(23)26/h3-9,12,14-15,17,24H,10-11H2,1-2H3,(H,22,27)(H2,20,21,26)/t12-,14?,15+,17+,32?/m0/s1. The van der Waals surface area contributed by atoms with Crippen LogP contribution in [0.15, 0.2) is 47.4 Å². The molecule has 2 heterocycles. The molecule has 0 aliphatic carbocycles. The van der Waals surface area contributed by atoms with E-state index in [1.54, 1.807) is 30.3 Å². The lowest BCUT2D eigenvalue weighted by Gasteiger charge is -2.23. The Balaban J connectivity index is 1.70. The molecule has 0 radical (unpaired) electrons. The summed E-state index contributed by atoms with van der Waals surface area (Å²) in [7, 11) is -2.85. The van der Waals surface area contributed by atoms with Crippen LogP contribution >= 0.6 is 7.75 Å². The highest BCUT2D eigenvalue weighted by Gasteiger charge is 2.39. The Labute approximate surface area is 183 Å². The van der Waals surface area contributed by atoms with Gasteiger partial charge in [-0.25, -0.2) is 9.36 Å². The molecule has 1 saturated heterocycles. The summed E-state index contributed by atoms with van der Waals surface area (Å²) in [6, 6.07) is 8.69. The number of anilines is 1. The van der Waals surface area contributed by atoms with Gasteiger partial charge in [0.05, 0.1) is 19.8 Å². The zero-order chi connectivity index (χ0) is 23.3. The van der Waals surface area contributed by atoms with E-state index in [-0.39, 0.29) is 24.6 Å². The zero-order valence-electron chi connectivity index (χ0n) is 17.5. The van der Waals surface area contributed by atoms with Gasteiger partial charge in [-0.3, -0.25) is 13.9 Å². The molecule has 0 spiro atoms. The molecule has 1 aliphatic heterocycles. The van der Waals surface area contributed by atoms with Gasteiger partial charge in [0, 0.05) is 12.6 Å². The van der Waals surface area contributed by atoms with E-state index in [1.165, 1.54) is 26.3 Å². The number of nitrogens with one attached hydrogen (secondary N) is 1. The average molecular weight is 468 g/mol.